The summed E-state index contributed by atoms with van der Waals surface area (Å²) < 4.78 is 14.8. The quantitative estimate of drug-likeness (QED) is 0.215. The smallest absolute Gasteiger partial charge is 0.153 e. The fourth-order valence-electron chi connectivity index (χ4n) is 6.58. The summed E-state index contributed by atoms with van der Waals surface area (Å²) in [7, 11) is 0. The van der Waals surface area contributed by atoms with E-state index in [2.05, 4.69) is 59.2 Å². The maximum atomic E-state index is 9.94. The molecule has 0 fully saturated rings. The summed E-state index contributed by atoms with van der Waals surface area (Å²) in [6.07, 6.45) is 0. The van der Waals surface area contributed by atoms with Crippen LogP contribution in [0.3, 0.4) is 0 Å². The van der Waals surface area contributed by atoms with Crippen LogP contribution in [-0.2, 0) is 0 Å². The normalized spacial score (nSPS) is 11.7. The molecule has 0 spiro atoms. The van der Waals surface area contributed by atoms with Crippen molar-refractivity contribution in [1.29, 1.82) is 10.5 Å². The number of hydrogen-bond donors (Lipinski definition) is 0. The first-order valence-corrected chi connectivity index (χ1v) is 14.0. The highest BCUT2D eigenvalue weighted by Gasteiger charge is 2.21. The number of nitriles is 2. The molecule has 9 rings (SSSR count). The Kier molecular flexibility index (Phi) is 4.68. The lowest BCUT2D eigenvalue weighted by Gasteiger charge is -2.15. The summed E-state index contributed by atoms with van der Waals surface area (Å²) >= 11 is 0. The minimum absolute atomic E-state index is 0.511. The van der Waals surface area contributed by atoms with Crippen molar-refractivity contribution in [3.8, 4) is 29.0 Å². The first kappa shape index (κ1) is 23.4. The van der Waals surface area contributed by atoms with Gasteiger partial charge >= 0.3 is 0 Å². The van der Waals surface area contributed by atoms with Gasteiger partial charge in [0, 0.05) is 32.5 Å². The number of fused-ring (bicyclic) bond motifs is 10. The lowest BCUT2D eigenvalue weighted by atomic mass is 9.99. The van der Waals surface area contributed by atoms with Crippen LogP contribution >= 0.6 is 0 Å². The number of nitrogens with zero attached hydrogens (tertiary/aromatic N) is 3. The van der Waals surface area contributed by atoms with Crippen LogP contribution in [0.2, 0.25) is 0 Å². The molecule has 3 heterocycles. The molecule has 0 radical (unpaired) electrons. The molecule has 0 bridgehead atoms. The Hall–Kier alpha value is -6.30. The topological polar surface area (TPSA) is 78.8 Å². The Balaban J connectivity index is 1.39. The third-order valence-electron chi connectivity index (χ3n) is 8.48. The molecule has 43 heavy (non-hydrogen) atoms. The molecule has 5 nitrogen and oxygen atoms in total. The predicted octanol–water partition coefficient (Wildman–Crippen LogP) is 9.99. The second kappa shape index (κ2) is 8.60. The fourth-order valence-corrected chi connectivity index (χ4v) is 6.58. The highest BCUT2D eigenvalue weighted by molar-refractivity contribution is 6.24. The number of benzene rings is 6. The lowest BCUT2D eigenvalue weighted by Crippen LogP contribution is -1.98. The van der Waals surface area contributed by atoms with Crippen LogP contribution in [0.1, 0.15) is 11.1 Å². The molecule has 0 amide bonds. The second-order valence-corrected chi connectivity index (χ2v) is 10.7. The van der Waals surface area contributed by atoms with Gasteiger partial charge in [-0.25, -0.2) is 0 Å². The molecule has 0 aliphatic carbocycles. The van der Waals surface area contributed by atoms with Gasteiger partial charge in [0.15, 0.2) is 5.58 Å². The average Bonchev–Trinajstić information content (AvgIpc) is 3.73. The van der Waals surface area contributed by atoms with Crippen LogP contribution in [0.4, 0.5) is 0 Å². The highest BCUT2D eigenvalue weighted by atomic mass is 16.3. The van der Waals surface area contributed by atoms with Gasteiger partial charge in [-0.1, -0.05) is 60.7 Å². The van der Waals surface area contributed by atoms with Gasteiger partial charge in [-0.15, -0.1) is 0 Å². The molecule has 6 aromatic carbocycles. The maximum absolute atomic E-state index is 9.94. The van der Waals surface area contributed by atoms with E-state index in [4.69, 9.17) is 8.83 Å². The summed E-state index contributed by atoms with van der Waals surface area (Å²) in [5.41, 5.74) is 8.97. The van der Waals surface area contributed by atoms with Crippen LogP contribution < -0.4 is 0 Å². The zero-order valence-corrected chi connectivity index (χ0v) is 22.6. The van der Waals surface area contributed by atoms with Gasteiger partial charge < -0.3 is 13.4 Å². The Morgan fingerprint density at radius 2 is 1.33 bits per heavy atom. The summed E-state index contributed by atoms with van der Waals surface area (Å²) in [5, 5.41) is 25.7. The molecule has 0 atom stereocenters. The molecule has 0 saturated heterocycles. The van der Waals surface area contributed by atoms with Gasteiger partial charge in [-0.2, -0.15) is 10.5 Å². The SMILES string of the molecule is N#Cc1ccc(-c2ccc3oc4ccccc4c3c2)c(-n2c3ccccc3c3c4oc5c(C#N)cccc5c4ccc32)c1. The molecule has 0 aliphatic rings. The van der Waals surface area contributed by atoms with Gasteiger partial charge in [0.05, 0.1) is 39.3 Å². The zero-order valence-electron chi connectivity index (χ0n) is 22.6. The molecule has 3 aromatic heterocycles. The number of rotatable bonds is 2. The largest absolute Gasteiger partial charge is 0.456 e. The summed E-state index contributed by atoms with van der Waals surface area (Å²) in [6.45, 7) is 0. The minimum atomic E-state index is 0.511. The number of hydrogen-bond acceptors (Lipinski definition) is 4. The first-order chi connectivity index (χ1) is 21.2. The standard InChI is InChI=1S/C38H19N3O2/c39-20-22-12-14-25(23-13-17-35-30(19-23)26-7-2-4-11-34(26)42-35)33(18-22)41-31-10-3-1-8-29(31)36-32(41)16-15-28-27-9-5-6-24(21-40)37(27)43-38(28)36/h1-19H. The predicted molar refractivity (Wildman–Crippen MR) is 170 cm³/mol. The van der Waals surface area contributed by atoms with Crippen molar-refractivity contribution in [2.24, 2.45) is 0 Å². The second-order valence-electron chi connectivity index (χ2n) is 10.7. The van der Waals surface area contributed by atoms with Gasteiger partial charge in [0.25, 0.3) is 0 Å². The van der Waals surface area contributed by atoms with Gasteiger partial charge in [-0.05, 0) is 60.2 Å². The van der Waals surface area contributed by atoms with Crippen LogP contribution in [0.5, 0.6) is 0 Å². The molecule has 9 aromatic rings. The van der Waals surface area contributed by atoms with Gasteiger partial charge in [0.2, 0.25) is 0 Å². The molecule has 0 unspecified atom stereocenters. The van der Waals surface area contributed by atoms with Crippen LogP contribution in [0.25, 0.3) is 82.5 Å². The van der Waals surface area contributed by atoms with Crippen LogP contribution in [0.15, 0.2) is 124 Å². The molecular formula is C38H19N3O2. The molecule has 0 N–H and O–H groups in total. The Bertz CT molecular complexity index is 2710. The van der Waals surface area contributed by atoms with Crippen molar-refractivity contribution in [1.82, 2.24) is 4.57 Å². The molecular weight excluding hydrogens is 530 g/mol. The van der Waals surface area contributed by atoms with E-state index in [1.54, 1.807) is 6.07 Å². The lowest BCUT2D eigenvalue weighted by molar-refractivity contribution is 0.669. The molecule has 198 valence electrons. The monoisotopic (exact) mass is 549 g/mol. The van der Waals surface area contributed by atoms with Crippen molar-refractivity contribution < 1.29 is 8.83 Å². The van der Waals surface area contributed by atoms with E-state index in [-0.39, 0.29) is 0 Å². The average molecular weight is 550 g/mol. The zero-order chi connectivity index (χ0) is 28.7. The van der Waals surface area contributed by atoms with Gasteiger partial charge in [-0.3, -0.25) is 0 Å². The van der Waals surface area contributed by atoms with Crippen molar-refractivity contribution in [3.05, 3.63) is 126 Å². The highest BCUT2D eigenvalue weighted by Crippen LogP contribution is 2.43. The molecule has 5 heteroatoms. The minimum Gasteiger partial charge on any atom is -0.456 e. The maximum Gasteiger partial charge on any atom is 0.153 e. The Morgan fingerprint density at radius 1 is 0.535 bits per heavy atom. The third kappa shape index (κ3) is 3.19. The molecule has 0 aliphatic heterocycles. The third-order valence-corrected chi connectivity index (χ3v) is 8.48. The summed E-state index contributed by atoms with van der Waals surface area (Å²) in [4.78, 5) is 0. The van der Waals surface area contributed by atoms with Crippen LogP contribution in [-0.4, -0.2) is 4.57 Å². The van der Waals surface area contributed by atoms with Crippen molar-refractivity contribution in [2.75, 3.05) is 0 Å². The van der Waals surface area contributed by atoms with Crippen molar-refractivity contribution in [2.45, 2.75) is 0 Å². The number of para-hydroxylation sites is 3. The van der Waals surface area contributed by atoms with E-state index >= 15 is 0 Å². The summed E-state index contributed by atoms with van der Waals surface area (Å²) in [6, 6.07) is 42.9. The first-order valence-electron chi connectivity index (χ1n) is 14.0. The molecule has 0 saturated carbocycles. The van der Waals surface area contributed by atoms with Gasteiger partial charge in [0.1, 0.15) is 22.8 Å². The van der Waals surface area contributed by atoms with Crippen molar-refractivity contribution in [3.63, 3.8) is 0 Å². The fraction of sp³-hybridized carbons (Fsp3) is 0. The van der Waals surface area contributed by atoms with E-state index in [9.17, 15) is 10.5 Å². The van der Waals surface area contributed by atoms with E-state index in [0.29, 0.717) is 16.7 Å². The number of furan rings is 2. The summed E-state index contributed by atoms with van der Waals surface area (Å²) in [5.74, 6) is 0. The Labute approximate surface area is 244 Å². The van der Waals surface area contributed by atoms with E-state index in [1.807, 2.05) is 66.7 Å². The van der Waals surface area contributed by atoms with E-state index in [1.165, 1.54) is 0 Å². The Morgan fingerprint density at radius 3 is 2.21 bits per heavy atom. The number of aromatic nitrogens is 1. The van der Waals surface area contributed by atoms with E-state index in [0.717, 1.165) is 76.9 Å². The van der Waals surface area contributed by atoms with Crippen LogP contribution in [0, 0.1) is 22.7 Å². The van der Waals surface area contributed by atoms with E-state index < -0.39 is 0 Å². The van der Waals surface area contributed by atoms with Crippen molar-refractivity contribution >= 4 is 65.7 Å².